The minimum atomic E-state index is -0.468. The molecule has 0 bridgehead atoms. The van der Waals surface area contributed by atoms with E-state index in [4.69, 9.17) is 4.74 Å². The highest BCUT2D eigenvalue weighted by atomic mass is 16.6. The van der Waals surface area contributed by atoms with Crippen LogP contribution in [0.25, 0.3) is 0 Å². The van der Waals surface area contributed by atoms with Crippen LogP contribution in [0, 0.1) is 0 Å². The van der Waals surface area contributed by atoms with Crippen molar-refractivity contribution in [3.8, 4) is 0 Å². The average Bonchev–Trinajstić information content (AvgIpc) is 3.03. The Bertz CT molecular complexity index is 757. The van der Waals surface area contributed by atoms with E-state index >= 15 is 0 Å². The van der Waals surface area contributed by atoms with Crippen molar-refractivity contribution >= 4 is 17.9 Å². The van der Waals surface area contributed by atoms with Gasteiger partial charge in [-0.3, -0.25) is 14.5 Å². The number of carbonyl (C=O) groups is 3. The summed E-state index contributed by atoms with van der Waals surface area (Å²) in [7, 11) is 0. The maximum atomic E-state index is 12.4. The molecule has 0 aromatic heterocycles. The van der Waals surface area contributed by atoms with Crippen molar-refractivity contribution in [1.29, 1.82) is 0 Å². The van der Waals surface area contributed by atoms with Crippen molar-refractivity contribution in [2.24, 2.45) is 0 Å². The Labute approximate surface area is 289 Å². The molecule has 1 rings (SSSR count). The third-order valence-corrected chi connectivity index (χ3v) is 8.93. The highest BCUT2D eigenvalue weighted by Gasteiger charge is 2.25. The van der Waals surface area contributed by atoms with Gasteiger partial charge in [0, 0.05) is 52.1 Å². The number of amides is 3. The molecule has 47 heavy (non-hydrogen) atoms. The Hall–Kier alpha value is -1.87. The van der Waals surface area contributed by atoms with Gasteiger partial charge >= 0.3 is 6.09 Å². The minimum absolute atomic E-state index is 0.180. The second-order valence-corrected chi connectivity index (χ2v) is 14.7. The number of nitrogens with one attached hydrogen (secondary N) is 2. The van der Waals surface area contributed by atoms with Crippen LogP contribution >= 0.6 is 0 Å². The van der Waals surface area contributed by atoms with Crippen LogP contribution in [0.4, 0.5) is 4.79 Å². The number of piperazine rings is 1. The van der Waals surface area contributed by atoms with Crippen LogP contribution in [-0.4, -0.2) is 104 Å². The largest absolute Gasteiger partial charge is 0.444 e. The number of rotatable bonds is 28. The number of nitrogens with zero attached hydrogens (tertiary/aromatic N) is 3. The van der Waals surface area contributed by atoms with Gasteiger partial charge in [-0.2, -0.15) is 0 Å². The van der Waals surface area contributed by atoms with Gasteiger partial charge in [-0.15, -0.1) is 0 Å². The summed E-state index contributed by atoms with van der Waals surface area (Å²) < 4.78 is 5.54. The van der Waals surface area contributed by atoms with Gasteiger partial charge in [0.1, 0.15) is 5.60 Å². The lowest BCUT2D eigenvalue weighted by Gasteiger charge is -2.36. The predicted molar refractivity (Wildman–Crippen MR) is 196 cm³/mol. The molecule has 0 spiro atoms. The fourth-order valence-corrected chi connectivity index (χ4v) is 6.06. The van der Waals surface area contributed by atoms with E-state index < -0.39 is 5.60 Å². The molecule has 276 valence electrons. The lowest BCUT2D eigenvalue weighted by atomic mass is 10.1. The van der Waals surface area contributed by atoms with Crippen LogP contribution in [0.2, 0.25) is 0 Å². The van der Waals surface area contributed by atoms with Gasteiger partial charge in [-0.25, -0.2) is 4.79 Å². The van der Waals surface area contributed by atoms with E-state index in [2.05, 4.69) is 34.3 Å². The molecule has 2 N–H and O–H groups in total. The number of hydrogen-bond acceptors (Lipinski definition) is 6. The third-order valence-electron chi connectivity index (χ3n) is 8.93. The molecule has 0 radical (unpaired) electrons. The summed E-state index contributed by atoms with van der Waals surface area (Å²) in [6.07, 6.45) is 21.1. The van der Waals surface area contributed by atoms with Crippen molar-refractivity contribution in [3.05, 3.63) is 0 Å². The molecule has 0 aromatic carbocycles. The first-order valence-electron chi connectivity index (χ1n) is 19.6. The molecule has 9 nitrogen and oxygen atoms in total. The fourth-order valence-electron chi connectivity index (χ4n) is 6.06. The monoisotopic (exact) mass is 666 g/mol. The summed E-state index contributed by atoms with van der Waals surface area (Å²) in [6.45, 7) is 18.6. The van der Waals surface area contributed by atoms with E-state index in [-0.39, 0.29) is 17.9 Å². The highest BCUT2D eigenvalue weighted by molar-refractivity contribution is 5.76. The smallest absolute Gasteiger partial charge is 0.410 e. The lowest BCUT2D eigenvalue weighted by molar-refractivity contribution is -0.122. The maximum absolute atomic E-state index is 12.4. The molecule has 1 heterocycles. The first-order chi connectivity index (χ1) is 22.6. The van der Waals surface area contributed by atoms with Crippen molar-refractivity contribution in [2.75, 3.05) is 65.4 Å². The van der Waals surface area contributed by atoms with Gasteiger partial charge < -0.3 is 25.2 Å². The van der Waals surface area contributed by atoms with Crippen LogP contribution in [0.15, 0.2) is 0 Å². The summed E-state index contributed by atoms with van der Waals surface area (Å²) in [5, 5.41) is 6.26. The molecule has 0 atom stereocenters. The molecule has 0 aliphatic carbocycles. The minimum Gasteiger partial charge on any atom is -0.444 e. The zero-order chi connectivity index (χ0) is 34.6. The Morgan fingerprint density at radius 1 is 0.596 bits per heavy atom. The van der Waals surface area contributed by atoms with Gasteiger partial charge in [0.15, 0.2) is 0 Å². The van der Waals surface area contributed by atoms with E-state index in [0.717, 1.165) is 84.2 Å². The Morgan fingerprint density at radius 2 is 1.02 bits per heavy atom. The van der Waals surface area contributed by atoms with Crippen molar-refractivity contribution in [3.63, 3.8) is 0 Å². The van der Waals surface area contributed by atoms with E-state index in [1.807, 2.05) is 25.7 Å². The first kappa shape index (κ1) is 43.2. The SMILES string of the molecule is CCCCCCCCCC(=O)NCCCN(CCCNC(=O)CCCCCCCCC)CCCN1CCN(C(=O)OC(C)(C)C)CC1. The maximum Gasteiger partial charge on any atom is 0.410 e. The summed E-state index contributed by atoms with van der Waals surface area (Å²) >= 11 is 0. The van der Waals surface area contributed by atoms with Crippen LogP contribution in [0.1, 0.15) is 157 Å². The second kappa shape index (κ2) is 28.0. The van der Waals surface area contributed by atoms with E-state index in [1.165, 1.54) is 64.2 Å². The number of ether oxygens (including phenoxy) is 1. The topological polar surface area (TPSA) is 94.2 Å². The predicted octanol–water partition coefficient (Wildman–Crippen LogP) is 7.53. The van der Waals surface area contributed by atoms with Gasteiger partial charge in [-0.1, -0.05) is 90.9 Å². The van der Waals surface area contributed by atoms with Gasteiger partial charge in [0.2, 0.25) is 11.8 Å². The summed E-state index contributed by atoms with van der Waals surface area (Å²) in [5.41, 5.74) is -0.468. The Balaban J connectivity index is 2.35. The van der Waals surface area contributed by atoms with Crippen LogP contribution < -0.4 is 10.6 Å². The van der Waals surface area contributed by atoms with Crippen LogP contribution in [0.5, 0.6) is 0 Å². The molecule has 1 aliphatic rings. The van der Waals surface area contributed by atoms with Crippen molar-refractivity contribution in [2.45, 2.75) is 162 Å². The Kier molecular flexibility index (Phi) is 25.7. The normalized spacial score (nSPS) is 14.0. The van der Waals surface area contributed by atoms with Crippen molar-refractivity contribution in [1.82, 2.24) is 25.3 Å². The Morgan fingerprint density at radius 3 is 1.47 bits per heavy atom. The zero-order valence-corrected chi connectivity index (χ0v) is 31.5. The molecule has 0 aromatic rings. The molecule has 3 amide bonds. The van der Waals surface area contributed by atoms with Crippen molar-refractivity contribution < 1.29 is 19.1 Å². The van der Waals surface area contributed by atoms with Gasteiger partial charge in [0.05, 0.1) is 0 Å². The van der Waals surface area contributed by atoms with Crippen LogP contribution in [0.3, 0.4) is 0 Å². The molecule has 1 aliphatic heterocycles. The molecule has 9 heteroatoms. The lowest BCUT2D eigenvalue weighted by Crippen LogP contribution is -2.50. The molecule has 1 saturated heterocycles. The zero-order valence-electron chi connectivity index (χ0n) is 31.5. The van der Waals surface area contributed by atoms with E-state index in [1.54, 1.807) is 0 Å². The highest BCUT2D eigenvalue weighted by Crippen LogP contribution is 2.13. The molecule has 1 fully saturated rings. The number of carbonyl (C=O) groups excluding carboxylic acids is 3. The van der Waals surface area contributed by atoms with Gasteiger partial charge in [0.25, 0.3) is 0 Å². The number of unbranched alkanes of at least 4 members (excludes halogenated alkanes) is 12. The molecular formula is C38H75N5O4. The number of hydrogen-bond donors (Lipinski definition) is 2. The van der Waals surface area contributed by atoms with E-state index in [9.17, 15) is 14.4 Å². The quantitative estimate of drug-likeness (QED) is 0.0840. The van der Waals surface area contributed by atoms with E-state index in [0.29, 0.717) is 39.0 Å². The molecule has 0 saturated carbocycles. The van der Waals surface area contributed by atoms with Crippen LogP contribution in [-0.2, 0) is 14.3 Å². The van der Waals surface area contributed by atoms with Gasteiger partial charge in [-0.05, 0) is 79.1 Å². The standard InChI is InChI=1S/C38H75N5O4/c1-6-8-10-12-14-16-18-23-35(44)39-25-20-27-41(28-21-26-40-36(45)24-19-17-15-13-11-9-7-2)29-22-30-42-31-33-43(34-32-42)37(46)47-38(3,4)5/h6-34H2,1-5H3,(H,39,44)(H,40,45). The third kappa shape index (κ3) is 25.8. The second-order valence-electron chi connectivity index (χ2n) is 14.7. The summed E-state index contributed by atoms with van der Waals surface area (Å²) in [4.78, 5) is 43.8. The first-order valence-corrected chi connectivity index (χ1v) is 19.6. The fraction of sp³-hybridized carbons (Fsp3) is 0.921. The average molecular weight is 666 g/mol. The summed E-state index contributed by atoms with van der Waals surface area (Å²) in [5.74, 6) is 0.360. The molecule has 0 unspecified atom stereocenters. The summed E-state index contributed by atoms with van der Waals surface area (Å²) in [6, 6.07) is 0. The molecular weight excluding hydrogens is 590 g/mol.